The number of rotatable bonds is 5. The van der Waals surface area contributed by atoms with Crippen molar-refractivity contribution >= 4 is 11.6 Å². The van der Waals surface area contributed by atoms with Gasteiger partial charge in [0.05, 0.1) is 12.3 Å². The zero-order chi connectivity index (χ0) is 19.6. The van der Waals surface area contributed by atoms with E-state index in [0.29, 0.717) is 23.0 Å². The minimum Gasteiger partial charge on any atom is -0.379 e. The van der Waals surface area contributed by atoms with Crippen molar-refractivity contribution in [2.75, 3.05) is 0 Å². The first kappa shape index (κ1) is 17.8. The Kier molecular flexibility index (Phi) is 4.60. The predicted molar refractivity (Wildman–Crippen MR) is 98.6 cm³/mol. The number of hydrogen-bond acceptors (Lipinski definition) is 6. The average molecular weight is 380 g/mol. The van der Waals surface area contributed by atoms with Crippen LogP contribution >= 0.6 is 0 Å². The maximum Gasteiger partial charge on any atom is 0.267 e. The number of halogens is 1. The Balaban J connectivity index is 1.38. The van der Waals surface area contributed by atoms with E-state index >= 15 is 0 Å². The first-order chi connectivity index (χ1) is 13.5. The number of benzene rings is 2. The minimum absolute atomic E-state index is 0.0726. The van der Waals surface area contributed by atoms with Crippen molar-refractivity contribution in [2.24, 2.45) is 5.16 Å². The molecule has 1 aliphatic heterocycles. The van der Waals surface area contributed by atoms with Crippen LogP contribution < -0.4 is 5.32 Å². The fourth-order valence-electron chi connectivity index (χ4n) is 2.87. The minimum atomic E-state index is -1.23. The van der Waals surface area contributed by atoms with Gasteiger partial charge in [-0.25, -0.2) is 4.39 Å². The molecule has 28 heavy (non-hydrogen) atoms. The zero-order valence-electron chi connectivity index (χ0n) is 15.1. The Morgan fingerprint density at radius 2 is 1.93 bits per heavy atom. The lowest BCUT2D eigenvalue weighted by Gasteiger charge is -2.19. The van der Waals surface area contributed by atoms with Crippen molar-refractivity contribution in [3.05, 3.63) is 71.8 Å². The Hall–Kier alpha value is -3.55. The van der Waals surface area contributed by atoms with E-state index in [9.17, 15) is 9.18 Å². The standard InChI is InChI=1S/C20H17FN4O3/c1-20(11-16(24-28-20)14-9-5-6-10-15(14)21)19(26)22-12-17-23-18(27-25-17)13-7-3-2-4-8-13/h2-10H,11-12H2,1H3,(H,22,26)/t20-/m0/s1. The molecule has 1 atom stereocenters. The molecular weight excluding hydrogens is 363 g/mol. The summed E-state index contributed by atoms with van der Waals surface area (Å²) >= 11 is 0. The summed E-state index contributed by atoms with van der Waals surface area (Å²) < 4.78 is 19.2. The monoisotopic (exact) mass is 380 g/mol. The summed E-state index contributed by atoms with van der Waals surface area (Å²) in [5.74, 6) is -0.0919. The lowest BCUT2D eigenvalue weighted by atomic mass is 9.95. The van der Waals surface area contributed by atoms with Crippen molar-refractivity contribution in [3.8, 4) is 11.5 Å². The molecule has 1 N–H and O–H groups in total. The lowest BCUT2D eigenvalue weighted by molar-refractivity contribution is -0.141. The molecule has 8 heteroatoms. The molecule has 2 heterocycles. The molecule has 0 fully saturated rings. The van der Waals surface area contributed by atoms with Gasteiger partial charge in [0.15, 0.2) is 5.82 Å². The highest BCUT2D eigenvalue weighted by molar-refractivity contribution is 6.05. The Morgan fingerprint density at radius 1 is 1.18 bits per heavy atom. The highest BCUT2D eigenvalue weighted by atomic mass is 19.1. The van der Waals surface area contributed by atoms with Crippen LogP contribution in [0.4, 0.5) is 4.39 Å². The van der Waals surface area contributed by atoms with Gasteiger partial charge in [0.1, 0.15) is 5.82 Å². The van der Waals surface area contributed by atoms with Gasteiger partial charge in [0.25, 0.3) is 11.8 Å². The fourth-order valence-corrected chi connectivity index (χ4v) is 2.87. The number of carbonyl (C=O) groups excluding carboxylic acids is 1. The Bertz CT molecular complexity index is 1030. The molecule has 0 radical (unpaired) electrons. The SMILES string of the molecule is C[C@@]1(C(=O)NCc2noc(-c3ccccc3)n2)CC(c2ccccc2F)=NO1. The maximum absolute atomic E-state index is 13.9. The van der Waals surface area contributed by atoms with Gasteiger partial charge in [-0.3, -0.25) is 4.79 Å². The molecule has 7 nitrogen and oxygen atoms in total. The van der Waals surface area contributed by atoms with Gasteiger partial charge < -0.3 is 14.7 Å². The summed E-state index contributed by atoms with van der Waals surface area (Å²) in [5, 5.41) is 10.5. The van der Waals surface area contributed by atoms with Crippen LogP contribution in [0.3, 0.4) is 0 Å². The van der Waals surface area contributed by atoms with E-state index in [0.717, 1.165) is 5.56 Å². The molecule has 1 amide bonds. The molecule has 3 aromatic rings. The second kappa shape index (κ2) is 7.22. The average Bonchev–Trinajstić information content (AvgIpc) is 3.35. The van der Waals surface area contributed by atoms with Crippen molar-refractivity contribution in [2.45, 2.75) is 25.5 Å². The summed E-state index contributed by atoms with van der Waals surface area (Å²) in [6.07, 6.45) is 0.154. The molecular formula is C20H17FN4O3. The quantitative estimate of drug-likeness (QED) is 0.735. The van der Waals surface area contributed by atoms with Gasteiger partial charge >= 0.3 is 0 Å². The lowest BCUT2D eigenvalue weighted by Crippen LogP contribution is -2.44. The number of nitrogens with zero attached hydrogens (tertiary/aromatic N) is 3. The van der Waals surface area contributed by atoms with E-state index in [-0.39, 0.29) is 13.0 Å². The largest absolute Gasteiger partial charge is 0.379 e. The van der Waals surface area contributed by atoms with Crippen molar-refractivity contribution in [3.63, 3.8) is 0 Å². The second-order valence-electron chi connectivity index (χ2n) is 6.58. The number of amides is 1. The summed E-state index contributed by atoms with van der Waals surface area (Å²) in [6, 6.07) is 15.6. The molecule has 0 aliphatic carbocycles. The topological polar surface area (TPSA) is 89.6 Å². The number of carbonyl (C=O) groups is 1. The predicted octanol–water partition coefficient (Wildman–Crippen LogP) is 3.08. The van der Waals surface area contributed by atoms with E-state index in [1.807, 2.05) is 30.3 Å². The normalized spacial score (nSPS) is 18.4. The summed E-state index contributed by atoms with van der Waals surface area (Å²) in [5.41, 5.74) is 0.275. The fraction of sp³-hybridized carbons (Fsp3) is 0.200. The van der Waals surface area contributed by atoms with E-state index in [4.69, 9.17) is 9.36 Å². The summed E-state index contributed by atoms with van der Waals surface area (Å²) in [7, 11) is 0. The van der Waals surface area contributed by atoms with Crippen LogP contribution in [0.15, 0.2) is 64.3 Å². The highest BCUT2D eigenvalue weighted by Gasteiger charge is 2.42. The van der Waals surface area contributed by atoms with E-state index in [2.05, 4.69) is 20.6 Å². The molecule has 1 aromatic heterocycles. The van der Waals surface area contributed by atoms with Crippen LogP contribution in [-0.2, 0) is 16.2 Å². The van der Waals surface area contributed by atoms with Gasteiger partial charge in [0.2, 0.25) is 5.60 Å². The Morgan fingerprint density at radius 3 is 2.71 bits per heavy atom. The molecule has 2 aromatic carbocycles. The first-order valence-electron chi connectivity index (χ1n) is 8.71. The number of hydrogen-bond donors (Lipinski definition) is 1. The van der Waals surface area contributed by atoms with Crippen LogP contribution in [0.25, 0.3) is 11.5 Å². The van der Waals surface area contributed by atoms with Crippen LogP contribution in [0.2, 0.25) is 0 Å². The molecule has 0 unspecified atom stereocenters. The molecule has 142 valence electrons. The third kappa shape index (κ3) is 3.48. The Labute approximate surface area is 160 Å². The maximum atomic E-state index is 13.9. The number of aromatic nitrogens is 2. The first-order valence-corrected chi connectivity index (χ1v) is 8.71. The van der Waals surface area contributed by atoms with Gasteiger partial charge in [0, 0.05) is 17.5 Å². The van der Waals surface area contributed by atoms with Crippen LogP contribution in [-0.4, -0.2) is 27.4 Å². The zero-order valence-corrected chi connectivity index (χ0v) is 15.1. The van der Waals surface area contributed by atoms with E-state index in [1.54, 1.807) is 25.1 Å². The highest BCUT2D eigenvalue weighted by Crippen LogP contribution is 2.28. The van der Waals surface area contributed by atoms with Crippen LogP contribution in [0.1, 0.15) is 24.7 Å². The second-order valence-corrected chi connectivity index (χ2v) is 6.58. The van der Waals surface area contributed by atoms with Crippen molar-refractivity contribution in [1.29, 1.82) is 0 Å². The van der Waals surface area contributed by atoms with Gasteiger partial charge in [-0.1, -0.05) is 46.7 Å². The summed E-state index contributed by atoms with van der Waals surface area (Å²) in [4.78, 5) is 22.2. The van der Waals surface area contributed by atoms with Crippen molar-refractivity contribution < 1.29 is 18.5 Å². The molecule has 0 spiro atoms. The molecule has 1 aliphatic rings. The van der Waals surface area contributed by atoms with Gasteiger partial charge in [-0.2, -0.15) is 4.98 Å². The third-order valence-corrected chi connectivity index (χ3v) is 4.42. The number of nitrogens with one attached hydrogen (secondary N) is 1. The molecule has 0 bridgehead atoms. The van der Waals surface area contributed by atoms with Crippen LogP contribution in [0.5, 0.6) is 0 Å². The van der Waals surface area contributed by atoms with E-state index < -0.39 is 17.3 Å². The van der Waals surface area contributed by atoms with Gasteiger partial charge in [-0.15, -0.1) is 0 Å². The molecule has 0 saturated carbocycles. The van der Waals surface area contributed by atoms with Crippen LogP contribution in [0, 0.1) is 5.82 Å². The molecule has 4 rings (SSSR count). The van der Waals surface area contributed by atoms with E-state index in [1.165, 1.54) is 6.07 Å². The molecule has 0 saturated heterocycles. The summed E-state index contributed by atoms with van der Waals surface area (Å²) in [6.45, 7) is 1.68. The third-order valence-electron chi connectivity index (χ3n) is 4.42. The van der Waals surface area contributed by atoms with Crippen molar-refractivity contribution in [1.82, 2.24) is 15.5 Å². The smallest absolute Gasteiger partial charge is 0.267 e. The van der Waals surface area contributed by atoms with Gasteiger partial charge in [-0.05, 0) is 25.1 Å². The number of oxime groups is 1.